The van der Waals surface area contributed by atoms with Crippen LogP contribution in [-0.2, 0) is 13.1 Å². The summed E-state index contributed by atoms with van der Waals surface area (Å²) in [5, 5.41) is 8.34. The van der Waals surface area contributed by atoms with E-state index in [4.69, 9.17) is 11.6 Å². The van der Waals surface area contributed by atoms with E-state index in [1.54, 1.807) is 0 Å². The number of benzene rings is 1. The van der Waals surface area contributed by atoms with Crippen LogP contribution in [0.15, 0.2) is 30.6 Å². The van der Waals surface area contributed by atoms with Gasteiger partial charge in [-0.1, -0.05) is 23.7 Å². The van der Waals surface area contributed by atoms with Crippen molar-refractivity contribution in [2.75, 3.05) is 5.32 Å². The Hall–Kier alpha value is -1.48. The highest BCUT2D eigenvalue weighted by atomic mass is 35.5. The van der Waals surface area contributed by atoms with E-state index in [-0.39, 0.29) is 0 Å². The molecule has 0 spiro atoms. The number of hydrogen-bond acceptors (Lipinski definition) is 2. The first kappa shape index (κ1) is 12.0. The molecule has 0 bridgehead atoms. The molecular formula is C13H16ClN3. The molecule has 1 aromatic carbocycles. The number of nitrogens with zero attached hydrogens (tertiary/aromatic N) is 2. The molecule has 0 aliphatic rings. The largest absolute Gasteiger partial charge is 0.378 e. The van der Waals surface area contributed by atoms with Crippen LogP contribution in [0.4, 0.5) is 5.69 Å². The van der Waals surface area contributed by atoms with Crippen LogP contribution in [0.2, 0.25) is 5.02 Å². The molecule has 0 saturated carbocycles. The predicted molar refractivity (Wildman–Crippen MR) is 71.4 cm³/mol. The molecule has 1 aromatic heterocycles. The van der Waals surface area contributed by atoms with E-state index >= 15 is 0 Å². The Morgan fingerprint density at radius 3 is 2.88 bits per heavy atom. The molecule has 17 heavy (non-hydrogen) atoms. The summed E-state index contributed by atoms with van der Waals surface area (Å²) in [5.41, 5.74) is 3.31. The van der Waals surface area contributed by atoms with Crippen molar-refractivity contribution < 1.29 is 0 Å². The fraction of sp³-hybridized carbons (Fsp3) is 0.308. The van der Waals surface area contributed by atoms with Gasteiger partial charge in [0, 0.05) is 24.3 Å². The Labute approximate surface area is 106 Å². The van der Waals surface area contributed by atoms with Gasteiger partial charge in [-0.25, -0.2) is 0 Å². The monoisotopic (exact) mass is 249 g/mol. The molecular weight excluding hydrogens is 234 g/mol. The standard InChI is InChI=1S/C13H16ClN3/c1-3-17-9-12(8-16-17)15-7-11-5-4-10(2)13(14)6-11/h4-6,8-9,15H,3,7H2,1-2H3. The molecule has 2 aromatic rings. The summed E-state index contributed by atoms with van der Waals surface area (Å²) < 4.78 is 1.89. The zero-order valence-electron chi connectivity index (χ0n) is 10.1. The van der Waals surface area contributed by atoms with Crippen molar-refractivity contribution in [3.8, 4) is 0 Å². The molecule has 0 unspecified atom stereocenters. The van der Waals surface area contributed by atoms with Gasteiger partial charge in [0.1, 0.15) is 0 Å². The topological polar surface area (TPSA) is 29.9 Å². The summed E-state index contributed by atoms with van der Waals surface area (Å²) in [6, 6.07) is 6.11. The van der Waals surface area contributed by atoms with E-state index in [9.17, 15) is 0 Å². The van der Waals surface area contributed by atoms with Crippen molar-refractivity contribution in [2.45, 2.75) is 26.9 Å². The van der Waals surface area contributed by atoms with Crippen LogP contribution < -0.4 is 5.32 Å². The Morgan fingerprint density at radius 2 is 2.24 bits per heavy atom. The summed E-state index contributed by atoms with van der Waals surface area (Å²) in [4.78, 5) is 0. The van der Waals surface area contributed by atoms with E-state index < -0.39 is 0 Å². The van der Waals surface area contributed by atoms with Crippen LogP contribution in [0.1, 0.15) is 18.1 Å². The summed E-state index contributed by atoms with van der Waals surface area (Å²) >= 11 is 6.08. The average molecular weight is 250 g/mol. The quantitative estimate of drug-likeness (QED) is 0.899. The summed E-state index contributed by atoms with van der Waals surface area (Å²) in [5.74, 6) is 0. The third-order valence-electron chi connectivity index (χ3n) is 2.69. The fourth-order valence-corrected chi connectivity index (χ4v) is 1.78. The van der Waals surface area contributed by atoms with Gasteiger partial charge in [-0.2, -0.15) is 5.10 Å². The maximum atomic E-state index is 6.08. The van der Waals surface area contributed by atoms with Crippen molar-refractivity contribution in [2.24, 2.45) is 0 Å². The molecule has 0 aliphatic carbocycles. The number of halogens is 1. The summed E-state index contributed by atoms with van der Waals surface area (Å²) in [6.45, 7) is 5.72. The number of aromatic nitrogens is 2. The predicted octanol–water partition coefficient (Wildman–Crippen LogP) is 3.48. The van der Waals surface area contributed by atoms with Crippen molar-refractivity contribution in [3.63, 3.8) is 0 Å². The van der Waals surface area contributed by atoms with Crippen LogP contribution in [0.5, 0.6) is 0 Å². The molecule has 3 nitrogen and oxygen atoms in total. The average Bonchev–Trinajstić information content (AvgIpc) is 2.79. The van der Waals surface area contributed by atoms with Crippen LogP contribution in [0, 0.1) is 6.92 Å². The lowest BCUT2D eigenvalue weighted by molar-refractivity contribution is 0.660. The smallest absolute Gasteiger partial charge is 0.0729 e. The zero-order chi connectivity index (χ0) is 12.3. The van der Waals surface area contributed by atoms with Crippen LogP contribution in [0.3, 0.4) is 0 Å². The van der Waals surface area contributed by atoms with Crippen molar-refractivity contribution in [3.05, 3.63) is 46.7 Å². The zero-order valence-corrected chi connectivity index (χ0v) is 10.8. The van der Waals surface area contributed by atoms with Crippen molar-refractivity contribution >= 4 is 17.3 Å². The van der Waals surface area contributed by atoms with Crippen LogP contribution in [-0.4, -0.2) is 9.78 Å². The van der Waals surface area contributed by atoms with Crippen molar-refractivity contribution in [1.82, 2.24) is 9.78 Å². The highest BCUT2D eigenvalue weighted by molar-refractivity contribution is 6.31. The highest BCUT2D eigenvalue weighted by Gasteiger charge is 1.99. The number of nitrogens with one attached hydrogen (secondary N) is 1. The Bertz CT molecular complexity index is 505. The third kappa shape index (κ3) is 3.01. The molecule has 0 saturated heterocycles. The summed E-state index contributed by atoms with van der Waals surface area (Å²) in [7, 11) is 0. The molecule has 0 atom stereocenters. The molecule has 90 valence electrons. The minimum Gasteiger partial charge on any atom is -0.378 e. The molecule has 0 radical (unpaired) electrons. The Morgan fingerprint density at radius 1 is 1.41 bits per heavy atom. The lowest BCUT2D eigenvalue weighted by atomic mass is 10.1. The van der Waals surface area contributed by atoms with Gasteiger partial charge in [-0.05, 0) is 31.0 Å². The van der Waals surface area contributed by atoms with Gasteiger partial charge < -0.3 is 5.32 Å². The number of anilines is 1. The van der Waals surface area contributed by atoms with E-state index in [0.717, 1.165) is 29.4 Å². The van der Waals surface area contributed by atoms with E-state index in [1.807, 2.05) is 36.1 Å². The fourth-order valence-electron chi connectivity index (χ4n) is 1.58. The SMILES string of the molecule is CCn1cc(NCc2ccc(C)c(Cl)c2)cn1. The molecule has 0 fully saturated rings. The number of hydrogen-bond donors (Lipinski definition) is 1. The highest BCUT2D eigenvalue weighted by Crippen LogP contribution is 2.17. The molecule has 1 heterocycles. The van der Waals surface area contributed by atoms with Gasteiger partial charge in [0.15, 0.2) is 0 Å². The van der Waals surface area contributed by atoms with Gasteiger partial charge in [0.25, 0.3) is 0 Å². The second kappa shape index (κ2) is 5.23. The Kier molecular flexibility index (Phi) is 3.69. The molecule has 1 N–H and O–H groups in total. The normalized spacial score (nSPS) is 10.5. The van der Waals surface area contributed by atoms with Gasteiger partial charge in [0.05, 0.1) is 11.9 Å². The van der Waals surface area contributed by atoms with Crippen LogP contribution in [0.25, 0.3) is 0 Å². The lowest BCUT2D eigenvalue weighted by Crippen LogP contribution is -1.99. The molecule has 0 amide bonds. The minimum absolute atomic E-state index is 0.759. The van der Waals surface area contributed by atoms with Gasteiger partial charge in [0.2, 0.25) is 0 Å². The van der Waals surface area contributed by atoms with E-state index in [0.29, 0.717) is 0 Å². The van der Waals surface area contributed by atoms with Gasteiger partial charge in [-0.3, -0.25) is 4.68 Å². The van der Waals surface area contributed by atoms with Gasteiger partial charge in [-0.15, -0.1) is 0 Å². The maximum Gasteiger partial charge on any atom is 0.0729 e. The van der Waals surface area contributed by atoms with Crippen LogP contribution >= 0.6 is 11.6 Å². The van der Waals surface area contributed by atoms with Gasteiger partial charge >= 0.3 is 0 Å². The second-order valence-corrected chi connectivity index (χ2v) is 4.43. The first-order valence-electron chi connectivity index (χ1n) is 5.70. The van der Waals surface area contributed by atoms with E-state index in [2.05, 4.69) is 23.4 Å². The Balaban J connectivity index is 1.99. The molecule has 0 aliphatic heterocycles. The first-order chi connectivity index (χ1) is 8.19. The number of rotatable bonds is 4. The third-order valence-corrected chi connectivity index (χ3v) is 3.10. The maximum absolute atomic E-state index is 6.08. The lowest BCUT2D eigenvalue weighted by Gasteiger charge is -2.05. The molecule has 2 rings (SSSR count). The minimum atomic E-state index is 0.759. The van der Waals surface area contributed by atoms with E-state index in [1.165, 1.54) is 5.56 Å². The van der Waals surface area contributed by atoms with Crippen molar-refractivity contribution in [1.29, 1.82) is 0 Å². The molecule has 4 heteroatoms. The number of aryl methyl sites for hydroxylation is 2. The second-order valence-electron chi connectivity index (χ2n) is 4.02. The first-order valence-corrected chi connectivity index (χ1v) is 6.08. The summed E-state index contributed by atoms with van der Waals surface area (Å²) in [6.07, 6.45) is 3.83.